The molecule has 1 fully saturated rings. The van der Waals surface area contributed by atoms with Crippen molar-refractivity contribution in [3.05, 3.63) is 28.8 Å². The highest BCUT2D eigenvalue weighted by atomic mass is 35.5. The van der Waals surface area contributed by atoms with Gasteiger partial charge < -0.3 is 15.2 Å². The van der Waals surface area contributed by atoms with Gasteiger partial charge in [-0.15, -0.1) is 0 Å². The first kappa shape index (κ1) is 15.6. The number of benzene rings is 1. The lowest BCUT2D eigenvalue weighted by molar-refractivity contribution is -0.0767. The number of methoxy groups -OCH3 is 1. The van der Waals surface area contributed by atoms with Gasteiger partial charge in [0.15, 0.2) is 0 Å². The highest BCUT2D eigenvalue weighted by molar-refractivity contribution is 6.30. The van der Waals surface area contributed by atoms with E-state index in [-0.39, 0.29) is 23.2 Å². The second-order valence-corrected chi connectivity index (χ2v) is 7.12. The molecule has 20 heavy (non-hydrogen) atoms. The third-order valence-electron chi connectivity index (χ3n) is 4.13. The summed E-state index contributed by atoms with van der Waals surface area (Å²) in [7, 11) is 1.64. The minimum absolute atomic E-state index is 0.140. The van der Waals surface area contributed by atoms with E-state index in [1.165, 1.54) is 0 Å². The molecule has 1 aromatic rings. The van der Waals surface area contributed by atoms with Gasteiger partial charge >= 0.3 is 0 Å². The lowest BCUT2D eigenvalue weighted by atomic mass is 9.79. The van der Waals surface area contributed by atoms with Gasteiger partial charge in [-0.2, -0.15) is 0 Å². The molecule has 0 aliphatic carbocycles. The second-order valence-electron chi connectivity index (χ2n) is 6.69. The first-order chi connectivity index (χ1) is 9.16. The fraction of sp³-hybridized carbons (Fsp3) is 0.625. The summed E-state index contributed by atoms with van der Waals surface area (Å²) in [6.45, 7) is 8.43. The Morgan fingerprint density at radius 2 is 2.00 bits per heavy atom. The zero-order valence-corrected chi connectivity index (χ0v) is 13.6. The Morgan fingerprint density at radius 1 is 1.35 bits per heavy atom. The van der Waals surface area contributed by atoms with Gasteiger partial charge in [-0.05, 0) is 46.2 Å². The summed E-state index contributed by atoms with van der Waals surface area (Å²) in [5.41, 5.74) is 7.10. The summed E-state index contributed by atoms with van der Waals surface area (Å²) >= 11 is 6.02. The highest BCUT2D eigenvalue weighted by Crippen LogP contribution is 2.48. The molecule has 112 valence electrons. The van der Waals surface area contributed by atoms with E-state index in [0.29, 0.717) is 5.02 Å². The topological polar surface area (TPSA) is 44.5 Å². The predicted octanol–water partition coefficient (Wildman–Crippen LogP) is 3.94. The van der Waals surface area contributed by atoms with E-state index in [0.717, 1.165) is 17.7 Å². The summed E-state index contributed by atoms with van der Waals surface area (Å²) in [6, 6.07) is 5.48. The molecule has 0 radical (unpaired) electrons. The van der Waals surface area contributed by atoms with Crippen molar-refractivity contribution in [2.45, 2.75) is 51.4 Å². The Bertz CT molecular complexity index is 499. The maximum absolute atomic E-state index is 6.52. The van der Waals surface area contributed by atoms with E-state index in [2.05, 4.69) is 27.7 Å². The zero-order chi connectivity index (χ0) is 15.1. The summed E-state index contributed by atoms with van der Waals surface area (Å²) in [5, 5.41) is 0.653. The van der Waals surface area contributed by atoms with Crippen LogP contribution < -0.4 is 10.5 Å². The number of rotatable bonds is 3. The number of nitrogens with two attached hydrogens (primary N) is 1. The molecule has 1 aromatic carbocycles. The van der Waals surface area contributed by atoms with Crippen LogP contribution in [-0.2, 0) is 4.74 Å². The number of halogens is 1. The molecule has 1 heterocycles. The van der Waals surface area contributed by atoms with Gasteiger partial charge in [-0.25, -0.2) is 0 Å². The average molecular weight is 298 g/mol. The van der Waals surface area contributed by atoms with Crippen molar-refractivity contribution in [3.8, 4) is 5.75 Å². The largest absolute Gasteiger partial charge is 0.496 e. The first-order valence-corrected chi connectivity index (χ1v) is 7.33. The third kappa shape index (κ3) is 2.95. The van der Waals surface area contributed by atoms with Gasteiger partial charge in [0, 0.05) is 22.5 Å². The molecule has 0 aromatic heterocycles. The van der Waals surface area contributed by atoms with Gasteiger partial charge in [-0.1, -0.05) is 17.7 Å². The van der Waals surface area contributed by atoms with Crippen LogP contribution in [0.1, 0.15) is 45.7 Å². The van der Waals surface area contributed by atoms with Crippen molar-refractivity contribution >= 4 is 11.6 Å². The molecule has 2 rings (SSSR count). The minimum Gasteiger partial charge on any atom is -0.496 e. The Morgan fingerprint density at radius 3 is 2.50 bits per heavy atom. The lowest BCUT2D eigenvalue weighted by Crippen LogP contribution is -2.36. The number of hydrogen-bond donors (Lipinski definition) is 1. The Hall–Kier alpha value is -0.770. The van der Waals surface area contributed by atoms with Crippen LogP contribution in [0.5, 0.6) is 5.75 Å². The van der Waals surface area contributed by atoms with Gasteiger partial charge in [0.05, 0.1) is 18.3 Å². The minimum atomic E-state index is -0.256. The molecule has 3 nitrogen and oxygen atoms in total. The van der Waals surface area contributed by atoms with Crippen molar-refractivity contribution in [2.75, 3.05) is 7.11 Å². The molecule has 0 saturated carbocycles. The van der Waals surface area contributed by atoms with E-state index in [1.807, 2.05) is 18.2 Å². The Kier molecular flexibility index (Phi) is 4.07. The fourth-order valence-electron chi connectivity index (χ4n) is 3.34. The van der Waals surface area contributed by atoms with Gasteiger partial charge in [0.25, 0.3) is 0 Å². The van der Waals surface area contributed by atoms with Crippen molar-refractivity contribution in [1.29, 1.82) is 0 Å². The molecular weight excluding hydrogens is 274 g/mol. The van der Waals surface area contributed by atoms with E-state index >= 15 is 0 Å². The van der Waals surface area contributed by atoms with Crippen LogP contribution in [0, 0.1) is 5.92 Å². The summed E-state index contributed by atoms with van der Waals surface area (Å²) < 4.78 is 11.6. The van der Waals surface area contributed by atoms with Crippen LogP contribution in [0.25, 0.3) is 0 Å². The van der Waals surface area contributed by atoms with Crippen molar-refractivity contribution in [2.24, 2.45) is 11.7 Å². The fourth-order valence-corrected chi connectivity index (χ4v) is 3.50. The maximum Gasteiger partial charge on any atom is 0.125 e. The standard InChI is InChI=1S/C16H24ClNO2/c1-15(2)9-12(16(3,4)20-15)14(18)11-7-6-10(17)8-13(11)19-5/h6-8,12,14H,9,18H2,1-5H3. The Balaban J connectivity index is 2.34. The maximum atomic E-state index is 6.52. The lowest BCUT2D eigenvalue weighted by Gasteiger charge is -2.31. The smallest absolute Gasteiger partial charge is 0.125 e. The SMILES string of the molecule is COc1cc(Cl)ccc1C(N)C1CC(C)(C)OC1(C)C. The monoisotopic (exact) mass is 297 g/mol. The van der Waals surface area contributed by atoms with Crippen molar-refractivity contribution < 1.29 is 9.47 Å². The molecule has 1 saturated heterocycles. The Labute approximate surface area is 126 Å². The molecule has 2 unspecified atom stereocenters. The highest BCUT2D eigenvalue weighted by Gasteiger charge is 2.48. The molecule has 2 atom stereocenters. The van der Waals surface area contributed by atoms with Crippen molar-refractivity contribution in [1.82, 2.24) is 0 Å². The van der Waals surface area contributed by atoms with Crippen LogP contribution in [-0.4, -0.2) is 18.3 Å². The van der Waals surface area contributed by atoms with Crippen LogP contribution in [0.15, 0.2) is 18.2 Å². The van der Waals surface area contributed by atoms with Crippen LogP contribution >= 0.6 is 11.6 Å². The predicted molar refractivity (Wildman–Crippen MR) is 82.3 cm³/mol. The van der Waals surface area contributed by atoms with Gasteiger partial charge in [0.2, 0.25) is 0 Å². The van der Waals surface area contributed by atoms with Gasteiger partial charge in [0.1, 0.15) is 5.75 Å². The summed E-state index contributed by atoms with van der Waals surface area (Å²) in [5.74, 6) is 0.970. The number of ether oxygens (including phenoxy) is 2. The summed E-state index contributed by atoms with van der Waals surface area (Å²) in [4.78, 5) is 0. The van der Waals surface area contributed by atoms with E-state index < -0.39 is 0 Å². The zero-order valence-electron chi connectivity index (χ0n) is 12.9. The summed E-state index contributed by atoms with van der Waals surface area (Å²) in [6.07, 6.45) is 0.924. The quantitative estimate of drug-likeness (QED) is 0.919. The second kappa shape index (κ2) is 5.21. The van der Waals surface area contributed by atoms with Crippen LogP contribution in [0.3, 0.4) is 0 Å². The molecular formula is C16H24ClNO2. The van der Waals surface area contributed by atoms with Gasteiger partial charge in [-0.3, -0.25) is 0 Å². The van der Waals surface area contributed by atoms with Crippen LogP contribution in [0.2, 0.25) is 5.02 Å². The van der Waals surface area contributed by atoms with E-state index in [4.69, 9.17) is 26.8 Å². The molecule has 0 amide bonds. The molecule has 0 bridgehead atoms. The van der Waals surface area contributed by atoms with E-state index in [1.54, 1.807) is 7.11 Å². The molecule has 4 heteroatoms. The average Bonchev–Trinajstić information content (AvgIpc) is 2.56. The number of hydrogen-bond acceptors (Lipinski definition) is 3. The third-order valence-corrected chi connectivity index (χ3v) is 4.37. The molecule has 2 N–H and O–H groups in total. The van der Waals surface area contributed by atoms with E-state index in [9.17, 15) is 0 Å². The molecule has 1 aliphatic rings. The first-order valence-electron chi connectivity index (χ1n) is 6.95. The normalized spacial score (nSPS) is 25.4. The molecule has 1 aliphatic heterocycles. The van der Waals surface area contributed by atoms with Crippen molar-refractivity contribution in [3.63, 3.8) is 0 Å². The molecule has 0 spiro atoms. The van der Waals surface area contributed by atoms with Crippen LogP contribution in [0.4, 0.5) is 0 Å².